The number of nitriles is 1. The SMILES string of the molecule is N#Cc1cc(CO)cc2cc(Cl)cnc12. The van der Waals surface area contributed by atoms with Crippen molar-refractivity contribution >= 4 is 22.5 Å². The third kappa shape index (κ3) is 1.78. The van der Waals surface area contributed by atoms with Crippen molar-refractivity contribution in [3.8, 4) is 6.07 Å². The Morgan fingerprint density at radius 1 is 1.40 bits per heavy atom. The van der Waals surface area contributed by atoms with Gasteiger partial charge in [-0.3, -0.25) is 4.98 Å². The molecular weight excluding hydrogens is 212 g/mol. The zero-order valence-corrected chi connectivity index (χ0v) is 8.49. The summed E-state index contributed by atoms with van der Waals surface area (Å²) in [6.45, 7) is -0.100. The summed E-state index contributed by atoms with van der Waals surface area (Å²) < 4.78 is 0. The van der Waals surface area contributed by atoms with E-state index in [0.29, 0.717) is 21.7 Å². The number of nitrogens with zero attached hydrogens (tertiary/aromatic N) is 2. The van der Waals surface area contributed by atoms with Crippen molar-refractivity contribution in [1.29, 1.82) is 5.26 Å². The first-order valence-electron chi connectivity index (χ1n) is 4.33. The number of halogens is 1. The lowest BCUT2D eigenvalue weighted by Gasteiger charge is -2.03. The summed E-state index contributed by atoms with van der Waals surface area (Å²) in [6.07, 6.45) is 1.50. The smallest absolute Gasteiger partial charge is 0.101 e. The average Bonchev–Trinajstić information content (AvgIpc) is 2.26. The molecule has 0 aliphatic heterocycles. The summed E-state index contributed by atoms with van der Waals surface area (Å²) in [5.41, 5.74) is 1.75. The molecule has 0 bridgehead atoms. The van der Waals surface area contributed by atoms with Crippen molar-refractivity contribution in [3.05, 3.63) is 40.5 Å². The minimum atomic E-state index is -0.100. The van der Waals surface area contributed by atoms with Crippen LogP contribution in [0.4, 0.5) is 0 Å². The fourth-order valence-corrected chi connectivity index (χ4v) is 1.63. The Hall–Kier alpha value is -1.63. The lowest BCUT2D eigenvalue weighted by molar-refractivity contribution is 0.282. The number of rotatable bonds is 1. The van der Waals surface area contributed by atoms with Crippen molar-refractivity contribution in [3.63, 3.8) is 0 Å². The van der Waals surface area contributed by atoms with E-state index in [0.717, 1.165) is 5.39 Å². The van der Waals surface area contributed by atoms with Crippen LogP contribution in [0.1, 0.15) is 11.1 Å². The zero-order valence-electron chi connectivity index (χ0n) is 7.74. The first kappa shape index (κ1) is 9.91. The largest absolute Gasteiger partial charge is 0.392 e. The Kier molecular flexibility index (Phi) is 2.55. The van der Waals surface area contributed by atoms with Gasteiger partial charge >= 0.3 is 0 Å². The fraction of sp³-hybridized carbons (Fsp3) is 0.0909. The standard InChI is InChI=1S/C11H7ClN2O/c12-10-3-8-1-7(6-15)2-9(4-13)11(8)14-5-10/h1-3,5,15H,6H2. The van der Waals surface area contributed by atoms with E-state index in [1.807, 2.05) is 6.07 Å². The summed E-state index contributed by atoms with van der Waals surface area (Å²) >= 11 is 5.80. The molecule has 3 nitrogen and oxygen atoms in total. The molecule has 1 aromatic heterocycles. The maximum atomic E-state index is 9.02. The normalized spacial score (nSPS) is 10.2. The first-order valence-corrected chi connectivity index (χ1v) is 4.71. The van der Waals surface area contributed by atoms with E-state index in [4.69, 9.17) is 22.0 Å². The predicted molar refractivity (Wildman–Crippen MR) is 57.4 cm³/mol. The number of aliphatic hydroxyl groups excluding tert-OH is 1. The van der Waals surface area contributed by atoms with Gasteiger partial charge in [0.25, 0.3) is 0 Å². The molecule has 0 radical (unpaired) electrons. The molecule has 15 heavy (non-hydrogen) atoms. The molecule has 0 atom stereocenters. The molecule has 0 aliphatic carbocycles. The molecule has 1 heterocycles. The van der Waals surface area contributed by atoms with Crippen LogP contribution >= 0.6 is 11.6 Å². The van der Waals surface area contributed by atoms with Gasteiger partial charge in [-0.05, 0) is 23.8 Å². The van der Waals surface area contributed by atoms with Crippen LogP contribution in [0.3, 0.4) is 0 Å². The summed E-state index contributed by atoms with van der Waals surface area (Å²) in [7, 11) is 0. The molecule has 2 aromatic rings. The van der Waals surface area contributed by atoms with Gasteiger partial charge in [0.05, 0.1) is 22.7 Å². The molecule has 2 rings (SSSR count). The minimum absolute atomic E-state index is 0.100. The molecule has 0 saturated heterocycles. The van der Waals surface area contributed by atoms with Crippen LogP contribution in [0.2, 0.25) is 5.02 Å². The highest BCUT2D eigenvalue weighted by atomic mass is 35.5. The van der Waals surface area contributed by atoms with Crippen LogP contribution in [0.5, 0.6) is 0 Å². The molecule has 74 valence electrons. The highest BCUT2D eigenvalue weighted by molar-refractivity contribution is 6.31. The fourth-order valence-electron chi connectivity index (χ4n) is 1.46. The summed E-state index contributed by atoms with van der Waals surface area (Å²) in [6, 6.07) is 7.17. The number of aliphatic hydroxyl groups is 1. The van der Waals surface area contributed by atoms with Gasteiger partial charge in [0, 0.05) is 11.6 Å². The number of hydrogen-bond donors (Lipinski definition) is 1. The van der Waals surface area contributed by atoms with Gasteiger partial charge in [0.1, 0.15) is 6.07 Å². The summed E-state index contributed by atoms with van der Waals surface area (Å²) in [5, 5.41) is 19.2. The predicted octanol–water partition coefficient (Wildman–Crippen LogP) is 2.25. The van der Waals surface area contributed by atoms with Crippen molar-refractivity contribution in [2.45, 2.75) is 6.61 Å². The minimum Gasteiger partial charge on any atom is -0.392 e. The van der Waals surface area contributed by atoms with E-state index in [9.17, 15) is 0 Å². The third-order valence-electron chi connectivity index (χ3n) is 2.11. The molecule has 0 amide bonds. The molecule has 0 spiro atoms. The van der Waals surface area contributed by atoms with E-state index < -0.39 is 0 Å². The lowest BCUT2D eigenvalue weighted by atomic mass is 10.1. The number of pyridine rings is 1. The Morgan fingerprint density at radius 3 is 2.87 bits per heavy atom. The molecule has 0 fully saturated rings. The topological polar surface area (TPSA) is 56.9 Å². The monoisotopic (exact) mass is 218 g/mol. The maximum Gasteiger partial charge on any atom is 0.101 e. The Morgan fingerprint density at radius 2 is 2.20 bits per heavy atom. The van der Waals surface area contributed by atoms with Gasteiger partial charge < -0.3 is 5.11 Å². The third-order valence-corrected chi connectivity index (χ3v) is 2.32. The van der Waals surface area contributed by atoms with E-state index >= 15 is 0 Å². The van der Waals surface area contributed by atoms with Crippen molar-refractivity contribution < 1.29 is 5.11 Å². The van der Waals surface area contributed by atoms with Gasteiger partial charge in [-0.15, -0.1) is 0 Å². The highest BCUT2D eigenvalue weighted by Crippen LogP contribution is 2.21. The van der Waals surface area contributed by atoms with Gasteiger partial charge in [-0.1, -0.05) is 11.6 Å². The second kappa shape index (κ2) is 3.85. The van der Waals surface area contributed by atoms with Crippen molar-refractivity contribution in [2.24, 2.45) is 0 Å². The molecule has 1 aromatic carbocycles. The Labute approximate surface area is 91.6 Å². The van der Waals surface area contributed by atoms with E-state index in [1.165, 1.54) is 6.20 Å². The molecule has 0 saturated carbocycles. The van der Waals surface area contributed by atoms with Crippen molar-refractivity contribution in [1.82, 2.24) is 4.98 Å². The quantitative estimate of drug-likeness (QED) is 0.799. The molecule has 0 aliphatic rings. The van der Waals surface area contributed by atoms with Gasteiger partial charge in [-0.2, -0.15) is 5.26 Å². The Bertz CT molecular complexity index is 560. The average molecular weight is 219 g/mol. The summed E-state index contributed by atoms with van der Waals surface area (Å²) in [4.78, 5) is 4.09. The van der Waals surface area contributed by atoms with E-state index in [1.54, 1.807) is 18.2 Å². The molecular formula is C11H7ClN2O. The summed E-state index contributed by atoms with van der Waals surface area (Å²) in [5.74, 6) is 0. The van der Waals surface area contributed by atoms with Crippen LogP contribution < -0.4 is 0 Å². The Balaban J connectivity index is 2.82. The zero-order chi connectivity index (χ0) is 10.8. The first-order chi connectivity index (χ1) is 7.24. The van der Waals surface area contributed by atoms with Gasteiger partial charge in [-0.25, -0.2) is 0 Å². The number of aromatic nitrogens is 1. The lowest BCUT2D eigenvalue weighted by Crippen LogP contribution is -1.89. The van der Waals surface area contributed by atoms with E-state index in [2.05, 4.69) is 4.98 Å². The van der Waals surface area contributed by atoms with Crippen LogP contribution in [0, 0.1) is 11.3 Å². The van der Waals surface area contributed by atoms with Crippen LogP contribution in [0.25, 0.3) is 10.9 Å². The second-order valence-electron chi connectivity index (χ2n) is 3.14. The van der Waals surface area contributed by atoms with Crippen molar-refractivity contribution in [2.75, 3.05) is 0 Å². The van der Waals surface area contributed by atoms with Crippen LogP contribution in [-0.4, -0.2) is 10.1 Å². The molecule has 4 heteroatoms. The van der Waals surface area contributed by atoms with Gasteiger partial charge in [0.15, 0.2) is 0 Å². The van der Waals surface area contributed by atoms with Crippen LogP contribution in [-0.2, 0) is 6.61 Å². The highest BCUT2D eigenvalue weighted by Gasteiger charge is 2.05. The maximum absolute atomic E-state index is 9.02. The molecule has 1 N–H and O–H groups in total. The number of fused-ring (bicyclic) bond motifs is 1. The van der Waals surface area contributed by atoms with Gasteiger partial charge in [0.2, 0.25) is 0 Å². The van der Waals surface area contributed by atoms with E-state index in [-0.39, 0.29) is 6.61 Å². The van der Waals surface area contributed by atoms with Crippen LogP contribution in [0.15, 0.2) is 24.4 Å². The second-order valence-corrected chi connectivity index (χ2v) is 3.57. The molecule has 0 unspecified atom stereocenters. The number of hydrogen-bond acceptors (Lipinski definition) is 3. The number of benzene rings is 1.